The third kappa shape index (κ3) is 420. The van der Waals surface area contributed by atoms with Crippen LogP contribution in [0, 0.1) is 0 Å². The summed E-state index contributed by atoms with van der Waals surface area (Å²) in [5.41, 5.74) is 0. The van der Waals surface area contributed by atoms with Crippen molar-refractivity contribution in [2.24, 2.45) is 0 Å². The van der Waals surface area contributed by atoms with E-state index in [0.29, 0.717) is 13.2 Å². The second-order valence-electron chi connectivity index (χ2n) is 2.14. The van der Waals surface area contributed by atoms with Crippen LogP contribution in [0.25, 0.3) is 0 Å². The second kappa shape index (κ2) is 78.7. The predicted octanol–water partition coefficient (Wildman–Crippen LogP) is -2.26. The molecule has 0 aliphatic heterocycles. The first kappa shape index (κ1) is 36.6. The van der Waals surface area contributed by atoms with Crippen molar-refractivity contribution >= 4 is 0 Å². The molecule has 6 nitrogen and oxygen atoms in total. The Morgan fingerprint density at radius 1 is 0.579 bits per heavy atom. The predicted molar refractivity (Wildman–Crippen MR) is 65.9 cm³/mol. The van der Waals surface area contributed by atoms with E-state index >= 15 is 0 Å². The van der Waals surface area contributed by atoms with E-state index in [1.54, 1.807) is 41.9 Å². The van der Waals surface area contributed by atoms with Crippen LogP contribution in [0.3, 0.4) is 0 Å². The number of hydrogen-bond donors (Lipinski definition) is 0. The maximum Gasteiger partial charge on any atom is 0.0696 e. The quantitative estimate of drug-likeness (QED) is 0.446. The third-order valence-electron chi connectivity index (χ3n) is 0.492. The molecule has 0 amide bonds. The molecule has 0 aromatic carbocycles. The Morgan fingerprint density at radius 2 is 0.684 bits per heavy atom. The normalized spacial score (nSPS) is 6.63. The number of ether oxygens (including phenoxy) is 2. The molecule has 0 rings (SSSR count). The van der Waals surface area contributed by atoms with Gasteiger partial charge in [-0.1, -0.05) is 27.7 Å². The fourth-order valence-corrected chi connectivity index (χ4v) is 0.167. The van der Waals surface area contributed by atoms with Crippen LogP contribution in [0.5, 0.6) is 0 Å². The van der Waals surface area contributed by atoms with Crippen molar-refractivity contribution in [2.75, 3.05) is 53.9 Å². The van der Waals surface area contributed by atoms with E-state index in [2.05, 4.69) is 9.47 Å². The molecule has 0 radical (unpaired) electrons. The SMILES string of the molecule is CC[O-].CC[O-].CC[O-].CC[O-].COCCOC.[W]. The zero-order chi connectivity index (χ0) is 15.7. The maximum absolute atomic E-state index is 8.93. The molecule has 0 saturated carbocycles. The molecule has 19 heavy (non-hydrogen) atoms. The van der Waals surface area contributed by atoms with Crippen molar-refractivity contribution in [2.45, 2.75) is 27.7 Å². The van der Waals surface area contributed by atoms with Gasteiger partial charge in [-0.25, -0.2) is 0 Å². The largest absolute Gasteiger partial charge is 0.855 e. The summed E-state index contributed by atoms with van der Waals surface area (Å²) in [5.74, 6) is 0. The van der Waals surface area contributed by atoms with E-state index in [1.165, 1.54) is 0 Å². The summed E-state index contributed by atoms with van der Waals surface area (Å²) < 4.78 is 9.31. The van der Waals surface area contributed by atoms with Gasteiger partial charge in [-0.15, -0.1) is 26.4 Å². The second-order valence-corrected chi connectivity index (χ2v) is 2.14. The monoisotopic (exact) mass is 454 g/mol. The van der Waals surface area contributed by atoms with Crippen LogP contribution in [0.2, 0.25) is 0 Å². The molecule has 124 valence electrons. The van der Waals surface area contributed by atoms with Gasteiger partial charge in [0, 0.05) is 35.3 Å². The van der Waals surface area contributed by atoms with Crippen LogP contribution in [-0.4, -0.2) is 53.9 Å². The summed E-state index contributed by atoms with van der Waals surface area (Å²) in [5, 5.41) is 35.7. The summed E-state index contributed by atoms with van der Waals surface area (Å²) in [4.78, 5) is 0. The molecule has 0 saturated heterocycles. The van der Waals surface area contributed by atoms with Gasteiger partial charge in [0.05, 0.1) is 13.2 Å². The molecule has 0 unspecified atom stereocenters. The Kier molecular flexibility index (Phi) is 152. The minimum atomic E-state index is 0. The van der Waals surface area contributed by atoms with Gasteiger partial charge in [-0.05, 0) is 0 Å². The molecule has 0 aromatic heterocycles. The molecular formula is C12H30O6W-4. The molecule has 7 heteroatoms. The summed E-state index contributed by atoms with van der Waals surface area (Å²) in [6.45, 7) is 7.66. The van der Waals surface area contributed by atoms with Crippen LogP contribution in [0.4, 0.5) is 0 Å². The van der Waals surface area contributed by atoms with Gasteiger partial charge in [0.1, 0.15) is 0 Å². The van der Waals surface area contributed by atoms with Crippen molar-refractivity contribution in [3.05, 3.63) is 0 Å². The molecule has 0 aromatic rings. The molecule has 0 atom stereocenters. The maximum atomic E-state index is 8.93. The number of rotatable bonds is 3. The first-order valence-electron chi connectivity index (χ1n) is 5.88. The minimum absolute atomic E-state index is 0. The molecule has 0 bridgehead atoms. The summed E-state index contributed by atoms with van der Waals surface area (Å²) >= 11 is 0. The Labute approximate surface area is 133 Å². The van der Waals surface area contributed by atoms with Gasteiger partial charge in [-0.2, -0.15) is 0 Å². The number of methoxy groups -OCH3 is 2. The number of hydrogen-bond acceptors (Lipinski definition) is 6. The van der Waals surface area contributed by atoms with Gasteiger partial charge in [0.25, 0.3) is 0 Å². The van der Waals surface area contributed by atoms with Gasteiger partial charge < -0.3 is 29.9 Å². The molecule has 0 aliphatic rings. The Morgan fingerprint density at radius 3 is 0.737 bits per heavy atom. The Bertz CT molecular complexity index is 58.2. The van der Waals surface area contributed by atoms with Crippen LogP contribution >= 0.6 is 0 Å². The fourth-order valence-electron chi connectivity index (χ4n) is 0.167. The van der Waals surface area contributed by atoms with E-state index in [4.69, 9.17) is 20.4 Å². The van der Waals surface area contributed by atoms with Crippen LogP contribution in [-0.2, 0) is 30.5 Å². The van der Waals surface area contributed by atoms with Gasteiger partial charge in [-0.3, -0.25) is 0 Å². The average Bonchev–Trinajstić information content (AvgIpc) is 2.30. The summed E-state index contributed by atoms with van der Waals surface area (Å²) in [6.07, 6.45) is 0. The van der Waals surface area contributed by atoms with Crippen molar-refractivity contribution in [1.82, 2.24) is 0 Å². The van der Waals surface area contributed by atoms with Crippen molar-refractivity contribution in [1.29, 1.82) is 0 Å². The van der Waals surface area contributed by atoms with Crippen molar-refractivity contribution < 1.29 is 51.0 Å². The molecule has 0 fully saturated rings. The standard InChI is InChI=1S/C4H10O2.4C2H5O.W/c1-5-3-4-6-2;4*1-2-3;/h3-4H2,1-2H3;4*2H2,1H3;/q;4*-1;. The first-order chi connectivity index (χ1) is 8.57. The van der Waals surface area contributed by atoms with E-state index in [0.717, 1.165) is 0 Å². The van der Waals surface area contributed by atoms with E-state index in [1.807, 2.05) is 0 Å². The zero-order valence-electron chi connectivity index (χ0n) is 13.1. The summed E-state index contributed by atoms with van der Waals surface area (Å²) in [6, 6.07) is 0. The summed E-state index contributed by atoms with van der Waals surface area (Å²) in [7, 11) is 3.30. The Hall–Kier alpha value is 0.448. The Balaban J connectivity index is -0.0000000287. The molecule has 0 aliphatic carbocycles. The third-order valence-corrected chi connectivity index (χ3v) is 0.492. The van der Waals surface area contributed by atoms with Crippen LogP contribution < -0.4 is 20.4 Å². The topological polar surface area (TPSA) is 111 Å². The smallest absolute Gasteiger partial charge is 0.0696 e. The van der Waals surface area contributed by atoms with Crippen molar-refractivity contribution in [3.8, 4) is 0 Å². The molecule has 0 N–H and O–H groups in total. The molecular weight excluding hydrogens is 424 g/mol. The molecule has 0 heterocycles. The zero-order valence-corrected chi connectivity index (χ0v) is 16.0. The van der Waals surface area contributed by atoms with Crippen LogP contribution in [0.1, 0.15) is 27.7 Å². The van der Waals surface area contributed by atoms with Gasteiger partial charge >= 0.3 is 0 Å². The van der Waals surface area contributed by atoms with Crippen molar-refractivity contribution in [3.63, 3.8) is 0 Å². The van der Waals surface area contributed by atoms with E-state index < -0.39 is 0 Å². The van der Waals surface area contributed by atoms with E-state index in [-0.39, 0.29) is 47.5 Å². The van der Waals surface area contributed by atoms with Gasteiger partial charge in [0.2, 0.25) is 0 Å². The van der Waals surface area contributed by atoms with Crippen LogP contribution in [0.15, 0.2) is 0 Å². The molecule has 0 spiro atoms. The van der Waals surface area contributed by atoms with Gasteiger partial charge in [0.15, 0.2) is 0 Å². The van der Waals surface area contributed by atoms with E-state index in [9.17, 15) is 0 Å². The minimum Gasteiger partial charge on any atom is -0.855 e. The fraction of sp³-hybridized carbons (Fsp3) is 1.00. The average molecular weight is 454 g/mol. The first-order valence-corrected chi connectivity index (χ1v) is 5.88.